The number of carbonyl (C=O) groups is 3. The molecule has 154 valence electrons. The molecular weight excluding hydrogens is 366 g/mol. The average molecular weight is 396 g/mol. The van der Waals surface area contributed by atoms with Gasteiger partial charge in [-0.3, -0.25) is 14.4 Å². The number of hydrogen-bond donors (Lipinski definition) is 3. The van der Waals surface area contributed by atoms with Crippen LogP contribution in [0.1, 0.15) is 49.0 Å². The van der Waals surface area contributed by atoms with Gasteiger partial charge in [0.2, 0.25) is 11.8 Å². The third-order valence-electron chi connectivity index (χ3n) is 4.20. The van der Waals surface area contributed by atoms with Crippen molar-refractivity contribution in [2.75, 3.05) is 11.9 Å². The second-order valence-electron chi connectivity index (χ2n) is 7.35. The Morgan fingerprint density at radius 3 is 2.38 bits per heavy atom. The topological polar surface area (TPSA) is 87.3 Å². The first kappa shape index (κ1) is 22.1. The first-order valence-electron chi connectivity index (χ1n) is 9.93. The molecule has 6 heteroatoms. The zero-order valence-electron chi connectivity index (χ0n) is 17.0. The Morgan fingerprint density at radius 2 is 1.66 bits per heavy atom. The van der Waals surface area contributed by atoms with Crippen LogP contribution >= 0.6 is 0 Å². The SMILES string of the molecule is CC(C)CC(=O)Nc1cccc(CNC(=O)CCCNC(=O)c2ccccc2)c1. The lowest BCUT2D eigenvalue weighted by Crippen LogP contribution is -2.27. The van der Waals surface area contributed by atoms with Crippen LogP contribution in [0.2, 0.25) is 0 Å². The molecule has 2 aromatic rings. The standard InChI is InChI=1S/C23H29N3O3/c1-17(2)14-22(28)26-20-11-6-8-18(15-20)16-25-21(27)12-7-13-24-23(29)19-9-4-3-5-10-19/h3-6,8-11,15,17H,7,12-14,16H2,1-2H3,(H,24,29)(H,25,27)(H,26,28). The molecule has 0 aliphatic heterocycles. The van der Waals surface area contributed by atoms with Gasteiger partial charge in [-0.1, -0.05) is 44.2 Å². The van der Waals surface area contributed by atoms with Gasteiger partial charge in [0.05, 0.1) is 0 Å². The van der Waals surface area contributed by atoms with E-state index in [1.807, 2.05) is 56.3 Å². The molecule has 0 saturated carbocycles. The molecule has 6 nitrogen and oxygen atoms in total. The van der Waals surface area contributed by atoms with Crippen molar-refractivity contribution in [1.82, 2.24) is 10.6 Å². The molecule has 0 fully saturated rings. The van der Waals surface area contributed by atoms with E-state index in [4.69, 9.17) is 0 Å². The largest absolute Gasteiger partial charge is 0.352 e. The molecule has 0 radical (unpaired) electrons. The Kier molecular flexibility index (Phi) is 8.89. The van der Waals surface area contributed by atoms with Crippen molar-refractivity contribution in [3.8, 4) is 0 Å². The summed E-state index contributed by atoms with van der Waals surface area (Å²) in [6, 6.07) is 16.4. The van der Waals surface area contributed by atoms with Crippen LogP contribution in [0, 0.1) is 5.92 Å². The van der Waals surface area contributed by atoms with Crippen molar-refractivity contribution in [3.63, 3.8) is 0 Å². The minimum atomic E-state index is -0.137. The third-order valence-corrected chi connectivity index (χ3v) is 4.20. The number of amides is 3. The highest BCUT2D eigenvalue weighted by Crippen LogP contribution is 2.12. The van der Waals surface area contributed by atoms with Crippen LogP contribution in [0.5, 0.6) is 0 Å². The van der Waals surface area contributed by atoms with Gasteiger partial charge in [-0.2, -0.15) is 0 Å². The van der Waals surface area contributed by atoms with Gasteiger partial charge in [-0.15, -0.1) is 0 Å². The van der Waals surface area contributed by atoms with Gasteiger partial charge < -0.3 is 16.0 Å². The number of hydrogen-bond acceptors (Lipinski definition) is 3. The molecule has 0 unspecified atom stereocenters. The van der Waals surface area contributed by atoms with E-state index in [2.05, 4.69) is 16.0 Å². The molecule has 3 amide bonds. The Labute approximate surface area is 172 Å². The van der Waals surface area contributed by atoms with E-state index in [1.54, 1.807) is 12.1 Å². The molecule has 3 N–H and O–H groups in total. The third kappa shape index (κ3) is 8.60. The summed E-state index contributed by atoms with van der Waals surface area (Å²) in [5, 5.41) is 8.55. The molecule has 0 aromatic heterocycles. The van der Waals surface area contributed by atoms with E-state index < -0.39 is 0 Å². The van der Waals surface area contributed by atoms with Crippen LogP contribution in [0.15, 0.2) is 54.6 Å². The maximum atomic E-state index is 12.0. The molecule has 0 saturated heterocycles. The fourth-order valence-corrected chi connectivity index (χ4v) is 2.77. The summed E-state index contributed by atoms with van der Waals surface area (Å²) in [5.41, 5.74) is 2.25. The Balaban J connectivity index is 1.68. The van der Waals surface area contributed by atoms with Gasteiger partial charge in [-0.25, -0.2) is 0 Å². The predicted molar refractivity (Wildman–Crippen MR) is 114 cm³/mol. The first-order chi connectivity index (χ1) is 13.9. The number of rotatable bonds is 10. The summed E-state index contributed by atoms with van der Waals surface area (Å²) in [6.45, 7) is 4.83. The van der Waals surface area contributed by atoms with Crippen molar-refractivity contribution in [1.29, 1.82) is 0 Å². The van der Waals surface area contributed by atoms with Crippen molar-refractivity contribution in [2.24, 2.45) is 5.92 Å². The minimum absolute atomic E-state index is 0.0151. The first-order valence-corrected chi connectivity index (χ1v) is 9.93. The molecular formula is C23H29N3O3. The molecule has 29 heavy (non-hydrogen) atoms. The zero-order valence-corrected chi connectivity index (χ0v) is 17.0. The van der Waals surface area contributed by atoms with Gasteiger partial charge in [0.1, 0.15) is 0 Å². The van der Waals surface area contributed by atoms with E-state index >= 15 is 0 Å². The average Bonchev–Trinajstić information content (AvgIpc) is 2.69. The van der Waals surface area contributed by atoms with E-state index in [0.717, 1.165) is 11.3 Å². The number of carbonyl (C=O) groups excluding carboxylic acids is 3. The number of nitrogens with one attached hydrogen (secondary N) is 3. The van der Waals surface area contributed by atoms with E-state index in [-0.39, 0.29) is 17.7 Å². The monoisotopic (exact) mass is 395 g/mol. The van der Waals surface area contributed by atoms with Crippen molar-refractivity contribution in [3.05, 3.63) is 65.7 Å². The van der Waals surface area contributed by atoms with Crippen LogP contribution in [-0.2, 0) is 16.1 Å². The lowest BCUT2D eigenvalue weighted by molar-refractivity contribution is -0.121. The predicted octanol–water partition coefficient (Wildman–Crippen LogP) is 3.50. The summed E-state index contributed by atoms with van der Waals surface area (Å²) < 4.78 is 0. The van der Waals surface area contributed by atoms with E-state index in [1.165, 1.54) is 0 Å². The smallest absolute Gasteiger partial charge is 0.251 e. The molecule has 2 rings (SSSR count). The lowest BCUT2D eigenvalue weighted by atomic mass is 10.1. The minimum Gasteiger partial charge on any atom is -0.352 e. The molecule has 0 atom stereocenters. The molecule has 2 aromatic carbocycles. The van der Waals surface area contributed by atoms with Gasteiger partial charge in [0.15, 0.2) is 0 Å². The highest BCUT2D eigenvalue weighted by atomic mass is 16.2. The number of benzene rings is 2. The molecule has 0 bridgehead atoms. The maximum absolute atomic E-state index is 12.0. The second kappa shape index (κ2) is 11.6. The number of anilines is 1. The summed E-state index contributed by atoms with van der Waals surface area (Å²) in [4.78, 5) is 35.8. The summed E-state index contributed by atoms with van der Waals surface area (Å²) in [5.74, 6) is 0.0734. The van der Waals surface area contributed by atoms with Crippen molar-refractivity contribution in [2.45, 2.75) is 39.7 Å². The van der Waals surface area contributed by atoms with Crippen LogP contribution in [-0.4, -0.2) is 24.3 Å². The Hall–Kier alpha value is -3.15. The zero-order chi connectivity index (χ0) is 21.1. The summed E-state index contributed by atoms with van der Waals surface area (Å²) >= 11 is 0. The molecule has 0 aliphatic rings. The van der Waals surface area contributed by atoms with Gasteiger partial charge in [-0.05, 0) is 42.2 Å². The van der Waals surface area contributed by atoms with Crippen LogP contribution in [0.4, 0.5) is 5.69 Å². The quantitative estimate of drug-likeness (QED) is 0.538. The van der Waals surface area contributed by atoms with Crippen LogP contribution in [0.25, 0.3) is 0 Å². The van der Waals surface area contributed by atoms with E-state index in [0.29, 0.717) is 43.8 Å². The van der Waals surface area contributed by atoms with Gasteiger partial charge in [0, 0.05) is 37.2 Å². The second-order valence-corrected chi connectivity index (χ2v) is 7.35. The summed E-state index contributed by atoms with van der Waals surface area (Å²) in [6.07, 6.45) is 1.37. The highest BCUT2D eigenvalue weighted by Gasteiger charge is 2.07. The maximum Gasteiger partial charge on any atom is 0.251 e. The van der Waals surface area contributed by atoms with Crippen LogP contribution in [0.3, 0.4) is 0 Å². The normalized spacial score (nSPS) is 10.4. The molecule has 0 heterocycles. The van der Waals surface area contributed by atoms with Crippen molar-refractivity contribution < 1.29 is 14.4 Å². The van der Waals surface area contributed by atoms with Crippen LogP contribution < -0.4 is 16.0 Å². The lowest BCUT2D eigenvalue weighted by Gasteiger charge is -2.10. The Bertz CT molecular complexity index is 819. The van der Waals surface area contributed by atoms with Crippen molar-refractivity contribution >= 4 is 23.4 Å². The van der Waals surface area contributed by atoms with Gasteiger partial charge in [0.25, 0.3) is 5.91 Å². The molecule has 0 aliphatic carbocycles. The van der Waals surface area contributed by atoms with Gasteiger partial charge >= 0.3 is 0 Å². The Morgan fingerprint density at radius 1 is 0.897 bits per heavy atom. The summed E-state index contributed by atoms with van der Waals surface area (Å²) in [7, 11) is 0. The molecule has 0 spiro atoms. The van der Waals surface area contributed by atoms with E-state index in [9.17, 15) is 14.4 Å². The fraction of sp³-hybridized carbons (Fsp3) is 0.348. The highest BCUT2D eigenvalue weighted by molar-refractivity contribution is 5.94. The fourth-order valence-electron chi connectivity index (χ4n) is 2.77.